The first-order valence-electron chi connectivity index (χ1n) is 6.23. The van der Waals surface area contributed by atoms with Gasteiger partial charge in [-0.25, -0.2) is 0 Å². The van der Waals surface area contributed by atoms with E-state index in [9.17, 15) is 0 Å². The van der Waals surface area contributed by atoms with E-state index in [1.807, 2.05) is 6.07 Å². The molecule has 0 aliphatic heterocycles. The van der Waals surface area contributed by atoms with E-state index in [1.54, 1.807) is 0 Å². The molecule has 0 unspecified atom stereocenters. The molecule has 0 heterocycles. The van der Waals surface area contributed by atoms with Gasteiger partial charge in [0.25, 0.3) is 0 Å². The van der Waals surface area contributed by atoms with Crippen molar-refractivity contribution in [2.24, 2.45) is 0 Å². The van der Waals surface area contributed by atoms with Crippen LogP contribution in [0.25, 0.3) is 6.08 Å². The smallest absolute Gasteiger partial charge is 0.0361 e. The molecule has 0 saturated carbocycles. The van der Waals surface area contributed by atoms with Gasteiger partial charge in [-0.15, -0.1) is 0 Å². The van der Waals surface area contributed by atoms with Crippen LogP contribution < -0.4 is 4.90 Å². The van der Waals surface area contributed by atoms with E-state index >= 15 is 0 Å². The molecule has 0 saturated heterocycles. The molecule has 0 spiro atoms. The van der Waals surface area contributed by atoms with Crippen molar-refractivity contribution >= 4 is 11.8 Å². The molecule has 0 amide bonds. The molecular weight excluding hydrogens is 218 g/mol. The Balaban J connectivity index is 1.97. The Kier molecular flexibility index (Phi) is 4.19. The minimum absolute atomic E-state index is 0.982. The minimum atomic E-state index is 0.982. The molecule has 0 N–H and O–H groups in total. The summed E-state index contributed by atoms with van der Waals surface area (Å²) < 4.78 is 0. The lowest BCUT2D eigenvalue weighted by Gasteiger charge is -2.11. The van der Waals surface area contributed by atoms with Crippen molar-refractivity contribution in [2.75, 3.05) is 19.0 Å². The minimum Gasteiger partial charge on any atom is -0.378 e. The first-order valence-corrected chi connectivity index (χ1v) is 6.23. The van der Waals surface area contributed by atoms with Gasteiger partial charge >= 0.3 is 0 Å². The number of benzene rings is 2. The van der Waals surface area contributed by atoms with E-state index in [2.05, 4.69) is 79.7 Å². The molecule has 92 valence electrons. The lowest BCUT2D eigenvalue weighted by molar-refractivity contribution is 1.13. The molecule has 0 aliphatic rings. The molecule has 1 nitrogen and oxygen atoms in total. The van der Waals surface area contributed by atoms with E-state index in [0.717, 1.165) is 6.42 Å². The predicted molar refractivity (Wildman–Crippen MR) is 79.9 cm³/mol. The van der Waals surface area contributed by atoms with Crippen molar-refractivity contribution in [1.82, 2.24) is 0 Å². The molecular formula is C17H19N. The van der Waals surface area contributed by atoms with E-state index in [4.69, 9.17) is 0 Å². The summed E-state index contributed by atoms with van der Waals surface area (Å²) in [5.41, 5.74) is 3.82. The molecule has 1 heteroatoms. The first-order chi connectivity index (χ1) is 8.75. The van der Waals surface area contributed by atoms with Crippen LogP contribution in [-0.2, 0) is 6.42 Å². The van der Waals surface area contributed by atoms with Crippen LogP contribution in [-0.4, -0.2) is 14.1 Å². The maximum absolute atomic E-state index is 2.21. The number of hydrogen-bond acceptors (Lipinski definition) is 1. The van der Waals surface area contributed by atoms with Crippen LogP contribution in [0.15, 0.2) is 60.7 Å². The standard InChI is InChI=1S/C17H19N/c1-18(2)17-13-11-16(12-14-17)10-6-9-15-7-4-3-5-8-15/h3-8,10-14H,9H2,1-2H3/b10-6+. The summed E-state index contributed by atoms with van der Waals surface area (Å²) in [5.74, 6) is 0. The van der Waals surface area contributed by atoms with Gasteiger partial charge in [-0.2, -0.15) is 0 Å². The quantitative estimate of drug-likeness (QED) is 0.776. The highest BCUT2D eigenvalue weighted by Gasteiger charge is 1.93. The fourth-order valence-corrected chi connectivity index (χ4v) is 1.83. The van der Waals surface area contributed by atoms with Crippen LogP contribution in [0.2, 0.25) is 0 Å². The van der Waals surface area contributed by atoms with Crippen LogP contribution in [0.4, 0.5) is 5.69 Å². The largest absolute Gasteiger partial charge is 0.378 e. The number of hydrogen-bond donors (Lipinski definition) is 0. The van der Waals surface area contributed by atoms with Crippen LogP contribution in [0.3, 0.4) is 0 Å². The highest BCUT2D eigenvalue weighted by atomic mass is 15.1. The highest BCUT2D eigenvalue weighted by molar-refractivity contribution is 5.55. The molecule has 2 rings (SSSR count). The second kappa shape index (κ2) is 6.06. The molecule has 0 radical (unpaired) electrons. The summed E-state index contributed by atoms with van der Waals surface area (Å²) in [6, 6.07) is 19.1. The van der Waals surface area contributed by atoms with E-state index in [0.29, 0.717) is 0 Å². The molecule has 18 heavy (non-hydrogen) atoms. The first kappa shape index (κ1) is 12.4. The Morgan fingerprint density at radius 1 is 0.889 bits per heavy atom. The third kappa shape index (κ3) is 3.49. The zero-order valence-corrected chi connectivity index (χ0v) is 11.0. The number of anilines is 1. The molecule has 0 aliphatic carbocycles. The summed E-state index contributed by atoms with van der Waals surface area (Å²) in [4.78, 5) is 2.11. The van der Waals surface area contributed by atoms with E-state index in [1.165, 1.54) is 16.8 Å². The van der Waals surface area contributed by atoms with Gasteiger partial charge in [0, 0.05) is 19.8 Å². The number of nitrogens with zero attached hydrogens (tertiary/aromatic N) is 1. The van der Waals surface area contributed by atoms with Crippen LogP contribution in [0, 0.1) is 0 Å². The van der Waals surface area contributed by atoms with Gasteiger partial charge in [0.05, 0.1) is 0 Å². The van der Waals surface area contributed by atoms with Gasteiger partial charge in [-0.3, -0.25) is 0 Å². The van der Waals surface area contributed by atoms with E-state index in [-0.39, 0.29) is 0 Å². The van der Waals surface area contributed by atoms with Crippen LogP contribution >= 0.6 is 0 Å². The van der Waals surface area contributed by atoms with Gasteiger partial charge < -0.3 is 4.90 Å². The average Bonchev–Trinajstić information content (AvgIpc) is 2.40. The fourth-order valence-electron chi connectivity index (χ4n) is 1.83. The van der Waals surface area contributed by atoms with Gasteiger partial charge in [0.1, 0.15) is 0 Å². The average molecular weight is 237 g/mol. The Bertz CT molecular complexity index is 495. The van der Waals surface area contributed by atoms with Crippen LogP contribution in [0.1, 0.15) is 11.1 Å². The molecule has 0 atom stereocenters. The zero-order chi connectivity index (χ0) is 12.8. The Morgan fingerprint density at radius 3 is 2.17 bits per heavy atom. The lowest BCUT2D eigenvalue weighted by Crippen LogP contribution is -2.07. The molecule has 0 aromatic heterocycles. The topological polar surface area (TPSA) is 3.24 Å². The van der Waals surface area contributed by atoms with Crippen molar-refractivity contribution in [2.45, 2.75) is 6.42 Å². The Morgan fingerprint density at radius 2 is 1.56 bits per heavy atom. The zero-order valence-electron chi connectivity index (χ0n) is 11.0. The summed E-state index contributed by atoms with van der Waals surface area (Å²) in [6.45, 7) is 0. The van der Waals surface area contributed by atoms with Crippen molar-refractivity contribution in [3.8, 4) is 0 Å². The SMILES string of the molecule is CN(C)c1ccc(/C=C/Cc2ccccc2)cc1. The highest BCUT2D eigenvalue weighted by Crippen LogP contribution is 2.13. The van der Waals surface area contributed by atoms with Gasteiger partial charge in [-0.1, -0.05) is 54.6 Å². The molecule has 2 aromatic rings. The maximum Gasteiger partial charge on any atom is 0.0361 e. The number of allylic oxidation sites excluding steroid dienone is 1. The second-order valence-corrected chi connectivity index (χ2v) is 4.58. The Hall–Kier alpha value is -2.02. The van der Waals surface area contributed by atoms with Crippen LogP contribution in [0.5, 0.6) is 0 Å². The monoisotopic (exact) mass is 237 g/mol. The third-order valence-corrected chi connectivity index (χ3v) is 2.92. The summed E-state index contributed by atoms with van der Waals surface area (Å²) in [7, 11) is 4.11. The molecule has 0 bridgehead atoms. The van der Waals surface area contributed by atoms with Gasteiger partial charge in [0.15, 0.2) is 0 Å². The van der Waals surface area contributed by atoms with Gasteiger partial charge in [0.2, 0.25) is 0 Å². The number of rotatable bonds is 4. The molecule has 0 fully saturated rings. The normalized spacial score (nSPS) is 10.8. The van der Waals surface area contributed by atoms with Crippen molar-refractivity contribution in [1.29, 1.82) is 0 Å². The van der Waals surface area contributed by atoms with Gasteiger partial charge in [-0.05, 0) is 29.7 Å². The third-order valence-electron chi connectivity index (χ3n) is 2.92. The van der Waals surface area contributed by atoms with Crippen molar-refractivity contribution in [3.05, 3.63) is 71.8 Å². The Labute approximate surface area is 109 Å². The molecule has 2 aromatic carbocycles. The summed E-state index contributed by atoms with van der Waals surface area (Å²) >= 11 is 0. The second-order valence-electron chi connectivity index (χ2n) is 4.58. The predicted octanol–water partition coefficient (Wildman–Crippen LogP) is 4.01. The van der Waals surface area contributed by atoms with Crippen molar-refractivity contribution < 1.29 is 0 Å². The lowest BCUT2D eigenvalue weighted by atomic mass is 10.1. The van der Waals surface area contributed by atoms with Crippen molar-refractivity contribution in [3.63, 3.8) is 0 Å². The fraction of sp³-hybridized carbons (Fsp3) is 0.176. The van der Waals surface area contributed by atoms with E-state index < -0.39 is 0 Å². The summed E-state index contributed by atoms with van der Waals surface area (Å²) in [5, 5.41) is 0. The summed E-state index contributed by atoms with van der Waals surface area (Å²) in [6.07, 6.45) is 5.36. The maximum atomic E-state index is 2.21.